The van der Waals surface area contributed by atoms with E-state index in [9.17, 15) is 4.79 Å². The molecule has 4 N–H and O–H groups in total. The lowest BCUT2D eigenvalue weighted by molar-refractivity contribution is -0.119. The highest BCUT2D eigenvalue weighted by Gasteiger charge is 2.20. The molecular weight excluding hydrogens is 344 g/mol. The number of rotatable bonds is 9. The number of primary amides is 1. The van der Waals surface area contributed by atoms with Crippen molar-refractivity contribution in [3.63, 3.8) is 0 Å². The number of nitrogens with one attached hydrogen (secondary N) is 2. The Hall–Kier alpha value is -2.35. The molecule has 0 unspecified atom stereocenters. The number of ether oxygens (including phenoxy) is 1. The summed E-state index contributed by atoms with van der Waals surface area (Å²) in [7, 11) is 0. The maximum Gasteiger partial charge on any atom is 0.231 e. The topological polar surface area (TPSA) is 105 Å². The normalized spacial score (nSPS) is 16.1. The molecule has 0 aliphatic carbocycles. The summed E-state index contributed by atoms with van der Waals surface area (Å²) in [5.74, 6) is 1.19. The highest BCUT2D eigenvalue weighted by atomic mass is 16.5. The van der Waals surface area contributed by atoms with Crippen molar-refractivity contribution in [3.05, 3.63) is 23.9 Å². The lowest BCUT2D eigenvalue weighted by Crippen LogP contribution is -2.49. The van der Waals surface area contributed by atoms with E-state index in [1.807, 2.05) is 19.1 Å². The summed E-state index contributed by atoms with van der Waals surface area (Å²) >= 11 is 0. The highest BCUT2D eigenvalue weighted by Crippen LogP contribution is 2.11. The van der Waals surface area contributed by atoms with Gasteiger partial charge in [0.1, 0.15) is 0 Å². The number of amides is 1. The van der Waals surface area contributed by atoms with Crippen LogP contribution >= 0.6 is 0 Å². The van der Waals surface area contributed by atoms with E-state index in [1.165, 1.54) is 0 Å². The fourth-order valence-electron chi connectivity index (χ4n) is 2.94. The molecule has 1 aliphatic heterocycles. The van der Waals surface area contributed by atoms with Crippen LogP contribution in [0.5, 0.6) is 5.88 Å². The van der Waals surface area contributed by atoms with Gasteiger partial charge < -0.3 is 21.1 Å². The second kappa shape index (κ2) is 11.4. The number of carbonyl (C=O) groups excluding carboxylic acids is 1. The number of hydrogen-bond donors (Lipinski definition) is 3. The minimum absolute atomic E-state index is 0.268. The number of carbonyl (C=O) groups is 1. The number of nitrogens with two attached hydrogens (primary N) is 1. The monoisotopic (exact) mass is 376 g/mol. The maximum atomic E-state index is 11.0. The molecule has 1 aliphatic rings. The predicted molar refractivity (Wildman–Crippen MR) is 107 cm³/mol. The van der Waals surface area contributed by atoms with Gasteiger partial charge in [0.15, 0.2) is 5.96 Å². The summed E-state index contributed by atoms with van der Waals surface area (Å²) in [5.41, 5.74) is 6.30. The molecule has 150 valence electrons. The highest BCUT2D eigenvalue weighted by molar-refractivity contribution is 5.80. The third kappa shape index (κ3) is 7.82. The van der Waals surface area contributed by atoms with E-state index in [-0.39, 0.29) is 5.91 Å². The second-order valence-electron chi connectivity index (χ2n) is 6.71. The van der Waals surface area contributed by atoms with Gasteiger partial charge in [0.05, 0.1) is 19.7 Å². The van der Waals surface area contributed by atoms with E-state index in [2.05, 4.69) is 32.4 Å². The van der Waals surface area contributed by atoms with Crippen LogP contribution in [0.1, 0.15) is 38.7 Å². The Morgan fingerprint density at radius 3 is 2.74 bits per heavy atom. The summed E-state index contributed by atoms with van der Waals surface area (Å²) in [4.78, 5) is 22.1. The van der Waals surface area contributed by atoms with E-state index >= 15 is 0 Å². The SMILES string of the molecule is CCCOc1ccc(CN=C(NCC)NC2CCN(CC(N)=O)CC2)cn1. The molecule has 1 saturated heterocycles. The molecule has 1 amide bonds. The molecule has 1 fully saturated rings. The first-order valence-corrected chi connectivity index (χ1v) is 9.74. The van der Waals surface area contributed by atoms with Crippen molar-refractivity contribution in [2.24, 2.45) is 10.7 Å². The zero-order valence-electron chi connectivity index (χ0n) is 16.4. The van der Waals surface area contributed by atoms with E-state index in [1.54, 1.807) is 6.20 Å². The zero-order valence-corrected chi connectivity index (χ0v) is 16.4. The standard InChI is InChI=1S/C19H32N6O2/c1-3-11-27-18-6-5-15(12-22-18)13-23-19(21-4-2)24-16-7-9-25(10-8-16)14-17(20)26/h5-6,12,16H,3-4,7-11,13-14H2,1-2H3,(H2,20,26)(H2,21,23,24). The Labute approximate surface area is 161 Å². The number of piperidine rings is 1. The fraction of sp³-hybridized carbons (Fsp3) is 0.632. The third-order valence-electron chi connectivity index (χ3n) is 4.32. The number of hydrogen-bond acceptors (Lipinski definition) is 5. The molecule has 0 saturated carbocycles. The smallest absolute Gasteiger partial charge is 0.231 e. The minimum atomic E-state index is -0.268. The van der Waals surface area contributed by atoms with Gasteiger partial charge in [-0.25, -0.2) is 9.98 Å². The van der Waals surface area contributed by atoms with Crippen molar-refractivity contribution in [3.8, 4) is 5.88 Å². The second-order valence-corrected chi connectivity index (χ2v) is 6.71. The van der Waals surface area contributed by atoms with Crippen LogP contribution in [0.4, 0.5) is 0 Å². The van der Waals surface area contributed by atoms with Gasteiger partial charge in [0.25, 0.3) is 0 Å². The number of aromatic nitrogens is 1. The van der Waals surface area contributed by atoms with Crippen LogP contribution in [0.25, 0.3) is 0 Å². The fourth-order valence-corrected chi connectivity index (χ4v) is 2.94. The lowest BCUT2D eigenvalue weighted by Gasteiger charge is -2.32. The van der Waals surface area contributed by atoms with E-state index in [0.29, 0.717) is 31.6 Å². The van der Waals surface area contributed by atoms with Crippen LogP contribution in [-0.2, 0) is 11.3 Å². The minimum Gasteiger partial charge on any atom is -0.478 e. The van der Waals surface area contributed by atoms with Crippen molar-refractivity contribution < 1.29 is 9.53 Å². The van der Waals surface area contributed by atoms with Crippen molar-refractivity contribution in [2.45, 2.75) is 45.7 Å². The van der Waals surface area contributed by atoms with Gasteiger partial charge in [0, 0.05) is 37.9 Å². The van der Waals surface area contributed by atoms with E-state index in [0.717, 1.165) is 50.4 Å². The van der Waals surface area contributed by atoms with Crippen molar-refractivity contribution in [1.82, 2.24) is 20.5 Å². The molecule has 8 heteroatoms. The molecule has 0 bridgehead atoms. The number of pyridine rings is 1. The van der Waals surface area contributed by atoms with Crippen LogP contribution in [0, 0.1) is 0 Å². The lowest BCUT2D eigenvalue weighted by atomic mass is 10.1. The van der Waals surface area contributed by atoms with Gasteiger partial charge >= 0.3 is 0 Å². The summed E-state index contributed by atoms with van der Waals surface area (Å²) in [6.45, 7) is 8.22. The molecule has 1 aromatic rings. The van der Waals surface area contributed by atoms with E-state index in [4.69, 9.17) is 10.5 Å². The molecule has 27 heavy (non-hydrogen) atoms. The van der Waals surface area contributed by atoms with Crippen LogP contribution in [0.2, 0.25) is 0 Å². The predicted octanol–water partition coefficient (Wildman–Crippen LogP) is 0.875. The van der Waals surface area contributed by atoms with Gasteiger partial charge in [-0.15, -0.1) is 0 Å². The zero-order chi connectivity index (χ0) is 19.5. The van der Waals surface area contributed by atoms with Crippen LogP contribution < -0.4 is 21.1 Å². The quantitative estimate of drug-likeness (QED) is 0.436. The Bertz CT molecular complexity index is 597. The maximum absolute atomic E-state index is 11.0. The van der Waals surface area contributed by atoms with Gasteiger partial charge in [0.2, 0.25) is 11.8 Å². The average molecular weight is 377 g/mol. The van der Waals surface area contributed by atoms with Gasteiger partial charge in [-0.2, -0.15) is 0 Å². The van der Waals surface area contributed by atoms with Gasteiger partial charge in [-0.3, -0.25) is 9.69 Å². The molecule has 0 atom stereocenters. The number of aliphatic imine (C=N–C) groups is 1. The Morgan fingerprint density at radius 1 is 1.37 bits per heavy atom. The van der Waals surface area contributed by atoms with Crippen LogP contribution in [-0.4, -0.2) is 60.6 Å². The Kier molecular flexibility index (Phi) is 8.83. The molecular formula is C19H32N6O2. The molecule has 1 aromatic heterocycles. The molecule has 0 spiro atoms. The van der Waals surface area contributed by atoms with Crippen molar-refractivity contribution in [2.75, 3.05) is 32.8 Å². The largest absolute Gasteiger partial charge is 0.478 e. The molecule has 2 heterocycles. The van der Waals surface area contributed by atoms with Crippen LogP contribution in [0.3, 0.4) is 0 Å². The number of nitrogens with zero attached hydrogens (tertiary/aromatic N) is 3. The summed E-state index contributed by atoms with van der Waals surface area (Å²) < 4.78 is 5.50. The first kappa shape index (κ1) is 21.0. The van der Waals surface area contributed by atoms with Gasteiger partial charge in [-0.05, 0) is 31.7 Å². The molecule has 8 nitrogen and oxygen atoms in total. The third-order valence-corrected chi connectivity index (χ3v) is 4.32. The Morgan fingerprint density at radius 2 is 2.15 bits per heavy atom. The molecule has 0 aromatic carbocycles. The van der Waals surface area contributed by atoms with Crippen LogP contribution in [0.15, 0.2) is 23.3 Å². The first-order valence-electron chi connectivity index (χ1n) is 9.74. The summed E-state index contributed by atoms with van der Waals surface area (Å²) in [6.07, 6.45) is 4.69. The molecule has 0 radical (unpaired) electrons. The van der Waals surface area contributed by atoms with E-state index < -0.39 is 0 Å². The summed E-state index contributed by atoms with van der Waals surface area (Å²) in [5, 5.41) is 6.78. The summed E-state index contributed by atoms with van der Waals surface area (Å²) in [6, 6.07) is 4.22. The van der Waals surface area contributed by atoms with Crippen molar-refractivity contribution >= 4 is 11.9 Å². The first-order chi connectivity index (χ1) is 13.1. The Balaban J connectivity index is 1.84. The number of likely N-dealkylation sites (tertiary alicyclic amines) is 1. The van der Waals surface area contributed by atoms with Crippen molar-refractivity contribution in [1.29, 1.82) is 0 Å². The number of guanidine groups is 1. The average Bonchev–Trinajstić information content (AvgIpc) is 2.66. The molecule has 2 rings (SSSR count). The van der Waals surface area contributed by atoms with Gasteiger partial charge in [-0.1, -0.05) is 13.0 Å².